The van der Waals surface area contributed by atoms with Crippen LogP contribution < -0.4 is 10.6 Å². The van der Waals surface area contributed by atoms with Crippen molar-refractivity contribution in [1.82, 2.24) is 24.9 Å². The first-order chi connectivity index (χ1) is 22.1. The predicted molar refractivity (Wildman–Crippen MR) is 173 cm³/mol. The summed E-state index contributed by atoms with van der Waals surface area (Å²) in [6.07, 6.45) is 1.53. The molecule has 4 amide bonds. The molecule has 2 aliphatic heterocycles. The van der Waals surface area contributed by atoms with Gasteiger partial charge in [0.05, 0.1) is 12.5 Å². The molecule has 46 heavy (non-hydrogen) atoms. The largest absolute Gasteiger partial charge is 0.343 e. The highest BCUT2D eigenvalue weighted by Gasteiger charge is 2.46. The van der Waals surface area contributed by atoms with Gasteiger partial charge < -0.3 is 20.4 Å². The maximum absolute atomic E-state index is 14.3. The Morgan fingerprint density at radius 1 is 0.935 bits per heavy atom. The minimum atomic E-state index is -1.10. The third kappa shape index (κ3) is 7.74. The number of carbonyl (C=O) groups excluding carboxylic acids is 4. The van der Waals surface area contributed by atoms with Crippen LogP contribution in [0.2, 0.25) is 0 Å². The Balaban J connectivity index is 1.39. The third-order valence-electron chi connectivity index (χ3n) is 8.90. The third-order valence-corrected chi connectivity index (χ3v) is 9.19. The highest BCUT2D eigenvalue weighted by atomic mass is 35.5. The standard InChI is InChI=1S/C35H39ClFN5O4/c1-23(40(2)36)33(44)38-29-22-41(31(43)21-24-13-15-27(37)16-14-24)20-19-28-17-18-30(42(28)35(29)46)34(45)39-32(25-9-5-3-6-10-25)26-11-7-4-8-12-26/h3-16,23,28-30,32H,17-22H2,1-2H3,(H,38,44)(H,39,45)/t23-,28+,29-,30-/m0/s1. The van der Waals surface area contributed by atoms with E-state index in [0.717, 1.165) is 11.1 Å². The Bertz CT molecular complexity index is 1490. The van der Waals surface area contributed by atoms with Crippen LogP contribution in [0, 0.1) is 5.82 Å². The van der Waals surface area contributed by atoms with Crippen molar-refractivity contribution in [2.75, 3.05) is 20.1 Å². The molecule has 0 bridgehead atoms. The molecule has 2 aliphatic rings. The van der Waals surface area contributed by atoms with Gasteiger partial charge in [0.1, 0.15) is 23.9 Å². The Morgan fingerprint density at radius 3 is 2.13 bits per heavy atom. The van der Waals surface area contributed by atoms with Crippen LogP contribution in [0.4, 0.5) is 4.39 Å². The van der Waals surface area contributed by atoms with Gasteiger partial charge in [0.2, 0.25) is 23.6 Å². The van der Waals surface area contributed by atoms with Crippen molar-refractivity contribution in [3.8, 4) is 0 Å². The molecule has 242 valence electrons. The molecule has 0 saturated carbocycles. The van der Waals surface area contributed by atoms with E-state index in [4.69, 9.17) is 11.8 Å². The number of carbonyl (C=O) groups is 4. The molecule has 2 saturated heterocycles. The number of hydrogen-bond donors (Lipinski definition) is 2. The maximum atomic E-state index is 14.3. The van der Waals surface area contributed by atoms with E-state index in [9.17, 15) is 23.6 Å². The second kappa shape index (κ2) is 14.9. The van der Waals surface area contributed by atoms with Crippen LogP contribution in [0.5, 0.6) is 0 Å². The molecule has 0 spiro atoms. The molecular weight excluding hydrogens is 609 g/mol. The summed E-state index contributed by atoms with van der Waals surface area (Å²) in [5.74, 6) is -1.82. The number of benzene rings is 3. The van der Waals surface area contributed by atoms with Crippen LogP contribution in [-0.2, 0) is 25.6 Å². The molecule has 3 aromatic rings. The first-order valence-corrected chi connectivity index (χ1v) is 15.9. The van der Waals surface area contributed by atoms with Gasteiger partial charge in [0.25, 0.3) is 0 Å². The minimum absolute atomic E-state index is 0.0235. The van der Waals surface area contributed by atoms with E-state index < -0.39 is 41.8 Å². The quantitative estimate of drug-likeness (QED) is 0.344. The second-order valence-electron chi connectivity index (χ2n) is 11.9. The number of fused-ring (bicyclic) bond motifs is 1. The van der Waals surface area contributed by atoms with Crippen molar-refractivity contribution in [2.45, 2.75) is 62.8 Å². The summed E-state index contributed by atoms with van der Waals surface area (Å²) in [6, 6.07) is 21.7. The normalized spacial score (nSPS) is 20.6. The van der Waals surface area contributed by atoms with Gasteiger partial charge in [0, 0.05) is 26.2 Å². The number of hydrogen-bond acceptors (Lipinski definition) is 5. The lowest BCUT2D eigenvalue weighted by molar-refractivity contribution is -0.147. The van der Waals surface area contributed by atoms with Crippen LogP contribution in [-0.4, -0.2) is 82.2 Å². The Morgan fingerprint density at radius 2 is 1.54 bits per heavy atom. The lowest BCUT2D eigenvalue weighted by Gasteiger charge is -2.39. The molecular formula is C35H39ClFN5O4. The number of rotatable bonds is 9. The Labute approximate surface area is 273 Å². The average molecular weight is 648 g/mol. The lowest BCUT2D eigenvalue weighted by Crippen LogP contribution is -2.62. The van der Waals surface area contributed by atoms with Crippen molar-refractivity contribution in [1.29, 1.82) is 0 Å². The van der Waals surface area contributed by atoms with Crippen LogP contribution in [0.3, 0.4) is 0 Å². The number of nitrogens with one attached hydrogen (secondary N) is 2. The van der Waals surface area contributed by atoms with Crippen LogP contribution >= 0.6 is 11.8 Å². The van der Waals surface area contributed by atoms with Gasteiger partial charge in [-0.15, -0.1) is 0 Å². The summed E-state index contributed by atoms with van der Waals surface area (Å²) in [5, 5.41) is 6.00. The molecule has 2 heterocycles. The van der Waals surface area contributed by atoms with Gasteiger partial charge in [-0.1, -0.05) is 72.8 Å². The SMILES string of the molecule is C[C@@H](C(=O)N[C@H]1CN(C(=O)Cc2ccc(F)cc2)CC[C@H]2CC[C@@H](C(=O)NC(c3ccccc3)c3ccccc3)N2C1=O)N(C)Cl. The van der Waals surface area contributed by atoms with Crippen LogP contribution in [0.15, 0.2) is 84.9 Å². The first-order valence-electron chi connectivity index (χ1n) is 15.6. The van der Waals surface area contributed by atoms with Crippen molar-refractivity contribution < 1.29 is 23.6 Å². The van der Waals surface area contributed by atoms with E-state index >= 15 is 0 Å². The molecule has 9 nitrogen and oxygen atoms in total. The number of likely N-dealkylation sites (N-methyl/N-ethyl adjacent to an activating group) is 1. The maximum Gasteiger partial charge on any atom is 0.247 e. The fraction of sp³-hybridized carbons (Fsp3) is 0.371. The summed E-state index contributed by atoms with van der Waals surface area (Å²) >= 11 is 6.05. The summed E-state index contributed by atoms with van der Waals surface area (Å²) in [7, 11) is 1.54. The van der Waals surface area contributed by atoms with Crippen molar-refractivity contribution >= 4 is 35.4 Å². The first kappa shape index (κ1) is 33.1. The summed E-state index contributed by atoms with van der Waals surface area (Å²) in [6.45, 7) is 1.86. The molecule has 3 aromatic carbocycles. The minimum Gasteiger partial charge on any atom is -0.343 e. The zero-order chi connectivity index (χ0) is 32.8. The second-order valence-corrected chi connectivity index (χ2v) is 12.5. The van der Waals surface area contributed by atoms with E-state index in [1.54, 1.807) is 28.9 Å². The highest BCUT2D eigenvalue weighted by molar-refractivity contribution is 6.14. The molecule has 0 aliphatic carbocycles. The molecule has 4 atom stereocenters. The van der Waals surface area contributed by atoms with Gasteiger partial charge in [-0.2, -0.15) is 0 Å². The van der Waals surface area contributed by atoms with E-state index in [1.165, 1.54) is 23.6 Å². The average Bonchev–Trinajstić information content (AvgIpc) is 3.48. The van der Waals surface area contributed by atoms with Gasteiger partial charge in [-0.3, -0.25) is 19.2 Å². The molecule has 0 unspecified atom stereocenters. The van der Waals surface area contributed by atoms with E-state index in [-0.39, 0.29) is 30.8 Å². The van der Waals surface area contributed by atoms with E-state index in [1.807, 2.05) is 60.7 Å². The monoisotopic (exact) mass is 647 g/mol. The number of nitrogens with zero attached hydrogens (tertiary/aromatic N) is 3. The predicted octanol–water partition coefficient (Wildman–Crippen LogP) is 3.82. The summed E-state index contributed by atoms with van der Waals surface area (Å²) < 4.78 is 14.7. The molecule has 5 rings (SSSR count). The van der Waals surface area contributed by atoms with Crippen LogP contribution in [0.25, 0.3) is 0 Å². The van der Waals surface area contributed by atoms with E-state index in [2.05, 4.69) is 10.6 Å². The number of amides is 4. The summed E-state index contributed by atoms with van der Waals surface area (Å²) in [5.41, 5.74) is 2.47. The topological polar surface area (TPSA) is 102 Å². The molecule has 2 N–H and O–H groups in total. The van der Waals surface area contributed by atoms with Crippen LogP contribution in [0.1, 0.15) is 48.9 Å². The van der Waals surface area contributed by atoms with E-state index in [0.29, 0.717) is 31.4 Å². The van der Waals surface area contributed by atoms with Crippen molar-refractivity contribution in [2.24, 2.45) is 0 Å². The molecule has 0 aromatic heterocycles. The van der Waals surface area contributed by atoms with Crippen molar-refractivity contribution in [3.05, 3.63) is 107 Å². The molecule has 0 radical (unpaired) electrons. The highest BCUT2D eigenvalue weighted by Crippen LogP contribution is 2.31. The van der Waals surface area contributed by atoms with Gasteiger partial charge >= 0.3 is 0 Å². The van der Waals surface area contributed by atoms with Gasteiger partial charge in [-0.05, 0) is 66.8 Å². The summed E-state index contributed by atoms with van der Waals surface area (Å²) in [4.78, 5) is 58.1. The van der Waals surface area contributed by atoms with Gasteiger partial charge in [-0.25, -0.2) is 8.81 Å². The number of halogens is 2. The zero-order valence-electron chi connectivity index (χ0n) is 25.9. The van der Waals surface area contributed by atoms with Gasteiger partial charge in [0.15, 0.2) is 0 Å². The lowest BCUT2D eigenvalue weighted by atomic mass is 9.98. The zero-order valence-corrected chi connectivity index (χ0v) is 26.7. The fourth-order valence-corrected chi connectivity index (χ4v) is 6.29. The molecule has 2 fully saturated rings. The fourth-order valence-electron chi connectivity index (χ4n) is 6.20. The Kier molecular flexibility index (Phi) is 10.7. The Hall–Kier alpha value is -4.28. The molecule has 11 heteroatoms. The smallest absolute Gasteiger partial charge is 0.247 e. The van der Waals surface area contributed by atoms with Crippen molar-refractivity contribution in [3.63, 3.8) is 0 Å².